The molecule has 9 heteroatoms. The number of benzene rings is 2. The molecule has 2 amide bonds. The second kappa shape index (κ2) is 8.08. The lowest BCUT2D eigenvalue weighted by Crippen LogP contribution is -2.17. The number of fused-ring (bicyclic) bond motifs is 1. The van der Waals surface area contributed by atoms with Gasteiger partial charge in [0.15, 0.2) is 17.3 Å². The van der Waals surface area contributed by atoms with E-state index >= 15 is 0 Å². The van der Waals surface area contributed by atoms with Crippen molar-refractivity contribution in [3.8, 4) is 0 Å². The lowest BCUT2D eigenvalue weighted by atomic mass is 10.2. The lowest BCUT2D eigenvalue weighted by molar-refractivity contribution is -0.115. The number of para-hydroxylation sites is 1. The first kappa shape index (κ1) is 19.2. The van der Waals surface area contributed by atoms with Gasteiger partial charge in [0.05, 0.1) is 12.0 Å². The van der Waals surface area contributed by atoms with E-state index in [1.54, 1.807) is 24.3 Å². The van der Waals surface area contributed by atoms with E-state index < -0.39 is 17.5 Å². The third kappa shape index (κ3) is 4.14. The molecule has 0 saturated heterocycles. The van der Waals surface area contributed by atoms with Crippen LogP contribution in [0.25, 0.3) is 5.65 Å². The smallest absolute Gasteiger partial charge is 0.257 e. The molecule has 2 N–H and O–H groups in total. The third-order valence-electron chi connectivity index (χ3n) is 4.29. The Morgan fingerprint density at radius 3 is 2.43 bits per heavy atom. The van der Waals surface area contributed by atoms with Gasteiger partial charge in [0, 0.05) is 23.6 Å². The Morgan fingerprint density at radius 2 is 1.67 bits per heavy atom. The largest absolute Gasteiger partial charge is 0.326 e. The Hall–Kier alpha value is -4.14. The van der Waals surface area contributed by atoms with Crippen molar-refractivity contribution < 1.29 is 18.4 Å². The zero-order chi connectivity index (χ0) is 21.1. The predicted molar refractivity (Wildman–Crippen MR) is 106 cm³/mol. The Labute approximate surface area is 169 Å². The van der Waals surface area contributed by atoms with Crippen LogP contribution in [0.2, 0.25) is 0 Å². The van der Waals surface area contributed by atoms with Gasteiger partial charge in [-0.1, -0.05) is 18.2 Å². The van der Waals surface area contributed by atoms with Crippen LogP contribution in [0.3, 0.4) is 0 Å². The van der Waals surface area contributed by atoms with Gasteiger partial charge >= 0.3 is 0 Å². The van der Waals surface area contributed by atoms with Crippen LogP contribution in [-0.4, -0.2) is 26.4 Å². The summed E-state index contributed by atoms with van der Waals surface area (Å²) in [7, 11) is 0. The summed E-state index contributed by atoms with van der Waals surface area (Å²) in [6.45, 7) is 0. The normalized spacial score (nSPS) is 10.7. The van der Waals surface area contributed by atoms with Gasteiger partial charge in [-0.15, -0.1) is 10.2 Å². The number of nitrogens with one attached hydrogen (secondary N) is 2. The van der Waals surface area contributed by atoms with E-state index in [0.717, 1.165) is 12.1 Å². The molecule has 0 radical (unpaired) electrons. The van der Waals surface area contributed by atoms with Gasteiger partial charge in [-0.3, -0.25) is 14.0 Å². The number of amides is 2. The molecule has 2 heterocycles. The van der Waals surface area contributed by atoms with E-state index in [1.165, 1.54) is 16.7 Å². The number of hydrogen-bond acceptors (Lipinski definition) is 4. The molecule has 0 aliphatic rings. The van der Waals surface area contributed by atoms with Crippen LogP contribution in [-0.2, 0) is 11.2 Å². The molecule has 150 valence electrons. The van der Waals surface area contributed by atoms with E-state index in [1.807, 2.05) is 18.2 Å². The Kier molecular flexibility index (Phi) is 5.17. The summed E-state index contributed by atoms with van der Waals surface area (Å²) in [5, 5.41) is 13.2. The molecule has 4 rings (SSSR count). The number of hydrogen-bond donors (Lipinski definition) is 2. The quantitative estimate of drug-likeness (QED) is 0.531. The molecule has 0 aliphatic carbocycles. The fraction of sp³-hybridized carbons (Fsp3) is 0.0476. The number of aromatic nitrogens is 3. The molecule has 0 spiro atoms. The maximum atomic E-state index is 13.3. The average Bonchev–Trinajstić information content (AvgIpc) is 3.13. The average molecular weight is 407 g/mol. The number of nitrogens with zero attached hydrogens (tertiary/aromatic N) is 3. The number of carbonyl (C=O) groups is 2. The summed E-state index contributed by atoms with van der Waals surface area (Å²) in [4.78, 5) is 24.8. The summed E-state index contributed by atoms with van der Waals surface area (Å²) < 4.78 is 27.8. The SMILES string of the molecule is O=C(Cc1nnc2ccc(C(=O)Nc3ccccc3)cn12)Nc1ccc(F)c(F)c1. The second-order valence-electron chi connectivity index (χ2n) is 6.44. The van der Waals surface area contributed by atoms with Crippen LogP contribution >= 0.6 is 0 Å². The fourth-order valence-electron chi connectivity index (χ4n) is 2.84. The molecular weight excluding hydrogens is 392 g/mol. The maximum absolute atomic E-state index is 13.3. The molecule has 0 atom stereocenters. The summed E-state index contributed by atoms with van der Waals surface area (Å²) in [5.74, 6) is -2.59. The first-order valence-corrected chi connectivity index (χ1v) is 8.94. The van der Waals surface area contributed by atoms with E-state index in [9.17, 15) is 18.4 Å². The van der Waals surface area contributed by atoms with Crippen LogP contribution < -0.4 is 10.6 Å². The summed E-state index contributed by atoms with van der Waals surface area (Å²) in [6, 6.07) is 15.3. The standard InChI is InChI=1S/C21H15F2N5O2/c22-16-8-7-15(10-17(16)23)24-20(29)11-19-27-26-18-9-6-13(12-28(18)19)21(30)25-14-4-2-1-3-5-14/h1-10,12H,11H2,(H,24,29)(H,25,30). The van der Waals surface area contributed by atoms with Crippen molar-refractivity contribution in [2.75, 3.05) is 10.6 Å². The van der Waals surface area contributed by atoms with Crippen LogP contribution in [0, 0.1) is 11.6 Å². The lowest BCUT2D eigenvalue weighted by Gasteiger charge is -2.07. The minimum Gasteiger partial charge on any atom is -0.326 e. The van der Waals surface area contributed by atoms with Gasteiger partial charge in [-0.25, -0.2) is 8.78 Å². The molecule has 0 fully saturated rings. The Morgan fingerprint density at radius 1 is 0.867 bits per heavy atom. The molecule has 30 heavy (non-hydrogen) atoms. The topological polar surface area (TPSA) is 88.4 Å². The first-order chi connectivity index (χ1) is 14.5. The molecule has 0 bridgehead atoms. The zero-order valence-corrected chi connectivity index (χ0v) is 15.5. The molecule has 0 unspecified atom stereocenters. The summed E-state index contributed by atoms with van der Waals surface area (Å²) in [5.41, 5.74) is 1.59. The summed E-state index contributed by atoms with van der Waals surface area (Å²) >= 11 is 0. The zero-order valence-electron chi connectivity index (χ0n) is 15.5. The van der Waals surface area contributed by atoms with E-state index in [4.69, 9.17) is 0 Å². The van der Waals surface area contributed by atoms with Crippen LogP contribution in [0.5, 0.6) is 0 Å². The highest BCUT2D eigenvalue weighted by Gasteiger charge is 2.14. The van der Waals surface area contributed by atoms with Gasteiger partial charge in [0.1, 0.15) is 5.82 Å². The highest BCUT2D eigenvalue weighted by atomic mass is 19.2. The molecular formula is C21H15F2N5O2. The van der Waals surface area contributed by atoms with E-state index in [2.05, 4.69) is 20.8 Å². The van der Waals surface area contributed by atoms with Crippen molar-refractivity contribution in [1.82, 2.24) is 14.6 Å². The van der Waals surface area contributed by atoms with Crippen LogP contribution in [0.15, 0.2) is 66.9 Å². The second-order valence-corrected chi connectivity index (χ2v) is 6.44. The van der Waals surface area contributed by atoms with Crippen molar-refractivity contribution in [3.63, 3.8) is 0 Å². The summed E-state index contributed by atoms with van der Waals surface area (Å²) in [6.07, 6.45) is 1.36. The Balaban J connectivity index is 1.51. The predicted octanol–water partition coefficient (Wildman–Crippen LogP) is 3.44. The molecule has 0 saturated carbocycles. The molecule has 2 aromatic heterocycles. The number of anilines is 2. The minimum absolute atomic E-state index is 0.121. The fourth-order valence-corrected chi connectivity index (χ4v) is 2.84. The van der Waals surface area contributed by atoms with Crippen molar-refractivity contribution >= 4 is 28.8 Å². The number of carbonyl (C=O) groups excluding carboxylic acids is 2. The van der Waals surface area contributed by atoms with Crippen molar-refractivity contribution in [3.05, 3.63) is 89.9 Å². The van der Waals surface area contributed by atoms with Gasteiger partial charge in [-0.2, -0.15) is 0 Å². The molecule has 7 nitrogen and oxygen atoms in total. The van der Waals surface area contributed by atoms with Crippen LogP contribution in [0.1, 0.15) is 16.2 Å². The molecule has 4 aromatic rings. The maximum Gasteiger partial charge on any atom is 0.257 e. The number of rotatable bonds is 5. The van der Waals surface area contributed by atoms with Gasteiger partial charge in [0.25, 0.3) is 5.91 Å². The molecule has 0 aliphatic heterocycles. The first-order valence-electron chi connectivity index (χ1n) is 8.94. The highest BCUT2D eigenvalue weighted by molar-refractivity contribution is 6.04. The van der Waals surface area contributed by atoms with E-state index in [0.29, 0.717) is 22.7 Å². The van der Waals surface area contributed by atoms with Gasteiger partial charge in [-0.05, 0) is 36.4 Å². The number of halogens is 2. The highest BCUT2D eigenvalue weighted by Crippen LogP contribution is 2.15. The number of pyridine rings is 1. The third-order valence-corrected chi connectivity index (χ3v) is 4.29. The van der Waals surface area contributed by atoms with Crippen LogP contribution in [0.4, 0.5) is 20.2 Å². The monoisotopic (exact) mass is 407 g/mol. The van der Waals surface area contributed by atoms with Crippen molar-refractivity contribution in [1.29, 1.82) is 0 Å². The van der Waals surface area contributed by atoms with Crippen molar-refractivity contribution in [2.45, 2.75) is 6.42 Å². The van der Waals surface area contributed by atoms with Gasteiger partial charge in [0.2, 0.25) is 5.91 Å². The Bertz CT molecular complexity index is 1240. The van der Waals surface area contributed by atoms with E-state index in [-0.39, 0.29) is 18.0 Å². The van der Waals surface area contributed by atoms with Crippen molar-refractivity contribution in [2.24, 2.45) is 0 Å². The molecule has 2 aromatic carbocycles. The minimum atomic E-state index is -1.06. The van der Waals surface area contributed by atoms with Gasteiger partial charge < -0.3 is 10.6 Å².